The van der Waals surface area contributed by atoms with Gasteiger partial charge in [-0.2, -0.15) is 13.5 Å². The summed E-state index contributed by atoms with van der Waals surface area (Å²) >= 11 is 0. The number of hydrogen-bond donors (Lipinski definition) is 2. The maximum absolute atomic E-state index is 13.5. The molecule has 0 amide bonds. The lowest BCUT2D eigenvalue weighted by atomic mass is 9.44. The highest BCUT2D eigenvalue weighted by atomic mass is 32.2. The van der Waals surface area contributed by atoms with Crippen molar-refractivity contribution >= 4 is 15.7 Å². The van der Waals surface area contributed by atoms with Crippen molar-refractivity contribution in [2.75, 3.05) is 6.61 Å². The number of aryl methyl sites for hydroxylation is 1. The second-order valence-corrected chi connectivity index (χ2v) is 17.2. The summed E-state index contributed by atoms with van der Waals surface area (Å²) in [6.45, 7) is 12.1. The number of hydrogen-bond acceptors (Lipinski definition) is 6. The van der Waals surface area contributed by atoms with E-state index in [2.05, 4.69) is 32.5 Å². The minimum absolute atomic E-state index is 0.0970. The summed E-state index contributed by atoms with van der Waals surface area (Å²) in [6, 6.07) is 6.97. The summed E-state index contributed by atoms with van der Waals surface area (Å²) in [4.78, 5) is 2.95. The van der Waals surface area contributed by atoms with Gasteiger partial charge in [0.2, 0.25) is 0 Å². The molecule has 6 fully saturated rings. The number of sulfonamides is 1. The number of hydrazone groups is 1. The predicted octanol–water partition coefficient (Wildman–Crippen LogP) is 6.05. The Kier molecular flexibility index (Phi) is 6.97. The molecule has 8 heteroatoms. The van der Waals surface area contributed by atoms with Crippen LogP contribution in [0.2, 0.25) is 0 Å². The Bertz CT molecular complexity index is 1340. The Labute approximate surface area is 252 Å². The number of aliphatic hydroxyl groups excluding tert-OH is 1. The van der Waals surface area contributed by atoms with E-state index < -0.39 is 15.8 Å². The van der Waals surface area contributed by atoms with Gasteiger partial charge in [0.05, 0.1) is 23.7 Å². The van der Waals surface area contributed by atoms with Crippen LogP contribution in [-0.4, -0.2) is 43.8 Å². The predicted molar refractivity (Wildman–Crippen MR) is 162 cm³/mol. The molecule has 2 aliphatic heterocycles. The molecular weight excluding hydrogens is 548 g/mol. The van der Waals surface area contributed by atoms with Crippen LogP contribution in [0.4, 0.5) is 0 Å². The first-order chi connectivity index (χ1) is 19.9. The zero-order valence-electron chi connectivity index (χ0n) is 26.0. The largest absolute Gasteiger partial charge is 0.393 e. The van der Waals surface area contributed by atoms with Crippen LogP contribution in [0.15, 0.2) is 34.3 Å². The van der Waals surface area contributed by atoms with Crippen LogP contribution in [0.1, 0.15) is 91.0 Å². The SMILES string of the molecule is Cc1ccc(S(=O)(=O)N/N=C2\CC3C(CC[C@H]4C[C@@H](O)CC[C@]34C)C3CC4O[C@]5(CCC(C)CO5)[C@@H](C)C4[C@@]23C)cc1. The molecule has 7 rings (SSSR count). The van der Waals surface area contributed by atoms with E-state index in [1.165, 1.54) is 12.8 Å². The van der Waals surface area contributed by atoms with Crippen molar-refractivity contribution in [2.24, 2.45) is 57.4 Å². The van der Waals surface area contributed by atoms with Crippen LogP contribution in [0.25, 0.3) is 0 Å². The topological polar surface area (TPSA) is 97.2 Å². The van der Waals surface area contributed by atoms with Crippen molar-refractivity contribution in [3.8, 4) is 0 Å². The van der Waals surface area contributed by atoms with E-state index in [0.29, 0.717) is 29.6 Å². The maximum Gasteiger partial charge on any atom is 0.276 e. The fraction of sp³-hybridized carbons (Fsp3) is 0.794. The second kappa shape index (κ2) is 10.0. The van der Waals surface area contributed by atoms with Crippen LogP contribution < -0.4 is 4.83 Å². The third-order valence-electron chi connectivity index (χ3n) is 13.4. The quantitative estimate of drug-likeness (QED) is 0.413. The standard InChI is InChI=1S/C34H50N2O5S/c1-20-6-9-25(10-7-20)42(38,39)36-35-30-18-27-26(11-8-23-16-24(37)13-14-32(23,27)4)28-17-29-31(33(28,30)5)22(3)34(41-29)15-12-21(2)19-40-34/h6-7,9-10,21-24,26-29,31,36-37H,8,11-19H2,1-5H3/b35-30+/t21?,22-,23-,24-,26?,27?,28?,29?,31?,32-,33+,34+/m0/s1. The molecular formula is C34H50N2O5S. The third kappa shape index (κ3) is 4.28. The van der Waals surface area contributed by atoms with Crippen molar-refractivity contribution in [1.29, 1.82) is 0 Å². The lowest BCUT2D eigenvalue weighted by Crippen LogP contribution is -2.58. The van der Waals surface area contributed by atoms with Crippen molar-refractivity contribution in [3.05, 3.63) is 29.8 Å². The van der Waals surface area contributed by atoms with E-state index in [4.69, 9.17) is 14.6 Å². The first-order valence-corrected chi connectivity index (χ1v) is 18.0. The van der Waals surface area contributed by atoms with Gasteiger partial charge in [0.25, 0.3) is 10.0 Å². The van der Waals surface area contributed by atoms with Gasteiger partial charge in [-0.1, -0.05) is 45.4 Å². The van der Waals surface area contributed by atoms with Crippen molar-refractivity contribution in [1.82, 2.24) is 4.83 Å². The van der Waals surface area contributed by atoms with Crippen LogP contribution in [-0.2, 0) is 19.5 Å². The molecule has 0 bridgehead atoms. The van der Waals surface area contributed by atoms with Crippen molar-refractivity contribution < 1.29 is 23.0 Å². The molecule has 2 N–H and O–H groups in total. The van der Waals surface area contributed by atoms with E-state index in [9.17, 15) is 13.5 Å². The van der Waals surface area contributed by atoms with E-state index >= 15 is 0 Å². The lowest BCUT2D eigenvalue weighted by Gasteiger charge is -2.61. The molecule has 0 radical (unpaired) electrons. The number of rotatable bonds is 3. The molecule has 4 aliphatic carbocycles. The fourth-order valence-corrected chi connectivity index (χ4v) is 11.8. The first-order valence-electron chi connectivity index (χ1n) is 16.5. The van der Waals surface area contributed by atoms with E-state index in [1.807, 2.05) is 19.1 Å². The van der Waals surface area contributed by atoms with Gasteiger partial charge in [-0.3, -0.25) is 0 Å². The lowest BCUT2D eigenvalue weighted by molar-refractivity contribution is -0.272. The Morgan fingerprint density at radius 3 is 2.48 bits per heavy atom. The number of fused-ring (bicyclic) bond motifs is 7. The molecule has 6 aliphatic rings. The molecule has 7 nitrogen and oxygen atoms in total. The third-order valence-corrected chi connectivity index (χ3v) is 14.7. The van der Waals surface area contributed by atoms with Crippen LogP contribution in [0, 0.1) is 59.2 Å². The number of benzene rings is 1. The van der Waals surface area contributed by atoms with Gasteiger partial charge in [-0.15, -0.1) is 0 Å². The van der Waals surface area contributed by atoms with E-state index in [-0.39, 0.29) is 39.8 Å². The second-order valence-electron chi connectivity index (χ2n) is 15.5. The van der Waals surface area contributed by atoms with Crippen LogP contribution >= 0.6 is 0 Å². The highest BCUT2D eigenvalue weighted by Crippen LogP contribution is 2.70. The van der Waals surface area contributed by atoms with Gasteiger partial charge in [0, 0.05) is 29.4 Å². The minimum Gasteiger partial charge on any atom is -0.393 e. The Morgan fingerprint density at radius 1 is 1.00 bits per heavy atom. The molecule has 6 unspecified atom stereocenters. The van der Waals surface area contributed by atoms with Gasteiger partial charge in [-0.25, -0.2) is 4.83 Å². The molecule has 4 saturated carbocycles. The van der Waals surface area contributed by atoms with Crippen molar-refractivity contribution in [2.45, 2.75) is 115 Å². The molecule has 2 heterocycles. The fourth-order valence-electron chi connectivity index (χ4n) is 11.0. The zero-order valence-corrected chi connectivity index (χ0v) is 26.8. The molecule has 12 atom stereocenters. The number of nitrogens with zero attached hydrogens (tertiary/aromatic N) is 1. The number of aliphatic hydroxyl groups is 1. The molecule has 0 aromatic heterocycles. The Balaban J connectivity index is 1.27. The summed E-state index contributed by atoms with van der Waals surface area (Å²) in [7, 11) is -3.80. The summed E-state index contributed by atoms with van der Waals surface area (Å²) in [5, 5.41) is 15.5. The van der Waals surface area contributed by atoms with E-state index in [0.717, 1.165) is 62.8 Å². The summed E-state index contributed by atoms with van der Waals surface area (Å²) < 4.78 is 40.5. The van der Waals surface area contributed by atoms with Gasteiger partial charge in [0.15, 0.2) is 5.79 Å². The smallest absolute Gasteiger partial charge is 0.276 e. The minimum atomic E-state index is -3.80. The van der Waals surface area contributed by atoms with Crippen LogP contribution in [0.3, 0.4) is 0 Å². The van der Waals surface area contributed by atoms with Crippen LogP contribution in [0.5, 0.6) is 0 Å². The average Bonchev–Trinajstić information content (AvgIpc) is 3.40. The highest BCUT2D eigenvalue weighted by Gasteiger charge is 2.71. The molecule has 232 valence electrons. The molecule has 1 spiro atoms. The van der Waals surface area contributed by atoms with E-state index in [1.54, 1.807) is 12.1 Å². The number of nitrogens with one attached hydrogen (secondary N) is 1. The maximum atomic E-state index is 13.5. The average molecular weight is 599 g/mol. The zero-order chi connectivity index (χ0) is 29.7. The molecule has 42 heavy (non-hydrogen) atoms. The Hall–Kier alpha value is -1.48. The summed E-state index contributed by atoms with van der Waals surface area (Å²) in [5.74, 6) is 2.33. The van der Waals surface area contributed by atoms with Gasteiger partial charge in [0.1, 0.15) is 0 Å². The van der Waals surface area contributed by atoms with Gasteiger partial charge < -0.3 is 14.6 Å². The normalized spacial score (nSPS) is 49.3. The molecule has 2 saturated heterocycles. The number of ether oxygens (including phenoxy) is 2. The highest BCUT2D eigenvalue weighted by molar-refractivity contribution is 7.89. The van der Waals surface area contributed by atoms with Gasteiger partial charge >= 0.3 is 0 Å². The summed E-state index contributed by atoms with van der Waals surface area (Å²) in [5.41, 5.74) is 1.89. The van der Waals surface area contributed by atoms with Crippen molar-refractivity contribution in [3.63, 3.8) is 0 Å². The molecule has 1 aromatic carbocycles. The summed E-state index contributed by atoms with van der Waals surface area (Å²) in [6.07, 6.45) is 8.84. The molecule has 1 aromatic rings. The monoisotopic (exact) mass is 598 g/mol. The first kappa shape index (κ1) is 29.2. The Morgan fingerprint density at radius 2 is 1.76 bits per heavy atom. The van der Waals surface area contributed by atoms with Gasteiger partial charge in [-0.05, 0) is 105 Å².